The summed E-state index contributed by atoms with van der Waals surface area (Å²) in [6.45, 7) is 3.96. The van der Waals surface area contributed by atoms with Crippen LogP contribution in [0.25, 0.3) is 0 Å². The largest absolute Gasteiger partial charge is 0.280 e. The van der Waals surface area contributed by atoms with Gasteiger partial charge in [0.25, 0.3) is 15.9 Å². The number of hydrogen-bond donors (Lipinski definition) is 2. The minimum Gasteiger partial charge on any atom is -0.280 e. The van der Waals surface area contributed by atoms with E-state index in [1.807, 2.05) is 32.0 Å². The van der Waals surface area contributed by atoms with Crippen LogP contribution in [0.5, 0.6) is 0 Å². The number of aryl methyl sites for hydroxylation is 2. The summed E-state index contributed by atoms with van der Waals surface area (Å²) >= 11 is 5.82. The van der Waals surface area contributed by atoms with E-state index in [0.717, 1.165) is 16.7 Å². The molecule has 3 aromatic carbocycles. The molecule has 30 heavy (non-hydrogen) atoms. The Kier molecular flexibility index (Phi) is 6.54. The van der Waals surface area contributed by atoms with E-state index >= 15 is 0 Å². The Balaban J connectivity index is 1.73. The maximum absolute atomic E-state index is 12.6. The van der Waals surface area contributed by atoms with Crippen LogP contribution in [0, 0.1) is 13.8 Å². The molecule has 8 heteroatoms. The van der Waals surface area contributed by atoms with Gasteiger partial charge < -0.3 is 0 Å². The van der Waals surface area contributed by atoms with Gasteiger partial charge in [-0.25, -0.2) is 13.8 Å². The van der Waals surface area contributed by atoms with E-state index in [-0.39, 0.29) is 10.5 Å². The minimum atomic E-state index is -3.87. The van der Waals surface area contributed by atoms with Crippen molar-refractivity contribution in [2.24, 2.45) is 5.10 Å². The van der Waals surface area contributed by atoms with Gasteiger partial charge in [-0.3, -0.25) is 9.52 Å². The van der Waals surface area contributed by atoms with Gasteiger partial charge in [-0.1, -0.05) is 41.4 Å². The topological polar surface area (TPSA) is 87.6 Å². The highest BCUT2D eigenvalue weighted by atomic mass is 35.5. The van der Waals surface area contributed by atoms with E-state index in [1.54, 1.807) is 30.5 Å². The van der Waals surface area contributed by atoms with E-state index < -0.39 is 15.9 Å². The van der Waals surface area contributed by atoms with E-state index in [1.165, 1.54) is 24.3 Å². The molecule has 0 spiro atoms. The van der Waals surface area contributed by atoms with E-state index in [2.05, 4.69) is 15.2 Å². The Morgan fingerprint density at radius 3 is 2.43 bits per heavy atom. The van der Waals surface area contributed by atoms with Gasteiger partial charge in [-0.2, -0.15) is 5.10 Å². The predicted molar refractivity (Wildman–Crippen MR) is 120 cm³/mol. The molecule has 0 unspecified atom stereocenters. The second-order valence-corrected chi connectivity index (χ2v) is 8.82. The summed E-state index contributed by atoms with van der Waals surface area (Å²) in [7, 11) is -3.87. The van der Waals surface area contributed by atoms with Crippen molar-refractivity contribution < 1.29 is 13.2 Å². The summed E-state index contributed by atoms with van der Waals surface area (Å²) in [5.74, 6) is -0.514. The molecule has 3 aromatic rings. The summed E-state index contributed by atoms with van der Waals surface area (Å²) in [6, 6.07) is 17.9. The van der Waals surface area contributed by atoms with Crippen molar-refractivity contribution in [3.63, 3.8) is 0 Å². The Morgan fingerprint density at radius 2 is 1.73 bits per heavy atom. The fourth-order valence-electron chi connectivity index (χ4n) is 2.73. The molecule has 2 N–H and O–H groups in total. The number of nitrogens with one attached hydrogen (secondary N) is 2. The summed E-state index contributed by atoms with van der Waals surface area (Å²) in [6.07, 6.45) is 1.55. The zero-order valence-electron chi connectivity index (χ0n) is 16.4. The molecule has 3 rings (SSSR count). The molecule has 0 aromatic heterocycles. The Bertz CT molecular complexity index is 1210. The van der Waals surface area contributed by atoms with Crippen LogP contribution in [-0.4, -0.2) is 20.5 Å². The SMILES string of the molecule is Cc1ccc(/C=N\NC(=O)c2cccc(S(=O)(=O)Nc3ccc(Cl)cc3)c2)c(C)c1. The van der Waals surface area contributed by atoms with E-state index in [9.17, 15) is 13.2 Å². The molecule has 1 amide bonds. The summed E-state index contributed by atoms with van der Waals surface area (Å²) in [5, 5.41) is 4.47. The first-order valence-electron chi connectivity index (χ1n) is 9.04. The molecule has 0 aliphatic carbocycles. The van der Waals surface area contributed by atoms with Crippen molar-refractivity contribution in [3.8, 4) is 0 Å². The van der Waals surface area contributed by atoms with Crippen molar-refractivity contribution in [3.05, 3.63) is 94.0 Å². The van der Waals surface area contributed by atoms with Crippen molar-refractivity contribution in [1.29, 1.82) is 0 Å². The lowest BCUT2D eigenvalue weighted by Gasteiger charge is -2.09. The van der Waals surface area contributed by atoms with Gasteiger partial charge in [-0.05, 0) is 67.4 Å². The van der Waals surface area contributed by atoms with Crippen LogP contribution in [0.4, 0.5) is 5.69 Å². The Labute approximate surface area is 180 Å². The second-order valence-electron chi connectivity index (χ2n) is 6.70. The van der Waals surface area contributed by atoms with Crippen LogP contribution >= 0.6 is 11.6 Å². The average Bonchev–Trinajstić information content (AvgIpc) is 2.71. The first-order valence-corrected chi connectivity index (χ1v) is 10.9. The minimum absolute atomic E-state index is 0.0385. The molecule has 0 saturated heterocycles. The van der Waals surface area contributed by atoms with Crippen LogP contribution in [-0.2, 0) is 10.0 Å². The fourth-order valence-corrected chi connectivity index (χ4v) is 3.96. The number of hydrogen-bond acceptors (Lipinski definition) is 4. The number of halogens is 1. The third kappa shape index (κ3) is 5.46. The lowest BCUT2D eigenvalue weighted by atomic mass is 10.1. The number of benzene rings is 3. The second kappa shape index (κ2) is 9.11. The zero-order valence-corrected chi connectivity index (χ0v) is 18.0. The smallest absolute Gasteiger partial charge is 0.271 e. The summed E-state index contributed by atoms with van der Waals surface area (Å²) in [5.41, 5.74) is 6.02. The molecule has 154 valence electrons. The van der Waals surface area contributed by atoms with Gasteiger partial charge in [0, 0.05) is 16.3 Å². The van der Waals surface area contributed by atoms with Crippen LogP contribution < -0.4 is 10.1 Å². The van der Waals surface area contributed by atoms with Gasteiger partial charge in [0.05, 0.1) is 11.1 Å². The van der Waals surface area contributed by atoms with Crippen molar-refractivity contribution in [2.45, 2.75) is 18.7 Å². The number of rotatable bonds is 6. The van der Waals surface area contributed by atoms with Crippen LogP contribution in [0.3, 0.4) is 0 Å². The Morgan fingerprint density at radius 1 is 1.00 bits per heavy atom. The third-order valence-electron chi connectivity index (χ3n) is 4.30. The first-order chi connectivity index (χ1) is 14.2. The molecule has 0 fully saturated rings. The number of carbonyl (C=O) groups excluding carboxylic acids is 1. The normalized spacial score (nSPS) is 11.4. The standard InChI is InChI=1S/C22H20ClN3O3S/c1-15-6-7-18(16(2)12-15)14-24-25-22(27)17-4-3-5-21(13-17)30(28,29)26-20-10-8-19(23)9-11-20/h3-14,26H,1-2H3,(H,25,27)/b24-14-. The van der Waals surface area contributed by atoms with Gasteiger partial charge in [0.15, 0.2) is 0 Å². The lowest BCUT2D eigenvalue weighted by Crippen LogP contribution is -2.19. The van der Waals surface area contributed by atoms with Crippen molar-refractivity contribution in [2.75, 3.05) is 4.72 Å². The number of anilines is 1. The summed E-state index contributed by atoms with van der Waals surface area (Å²) < 4.78 is 27.7. The summed E-state index contributed by atoms with van der Waals surface area (Å²) in [4.78, 5) is 12.4. The maximum atomic E-state index is 12.6. The van der Waals surface area contributed by atoms with E-state index in [0.29, 0.717) is 10.7 Å². The number of sulfonamides is 1. The van der Waals surface area contributed by atoms with Crippen molar-refractivity contribution >= 4 is 39.4 Å². The molecular weight excluding hydrogens is 422 g/mol. The number of amides is 1. The molecule has 0 aliphatic rings. The van der Waals surface area contributed by atoms with Gasteiger partial charge in [0.1, 0.15) is 0 Å². The molecule has 0 bridgehead atoms. The predicted octanol–water partition coefficient (Wildman–Crippen LogP) is 4.52. The van der Waals surface area contributed by atoms with Crippen LogP contribution in [0.1, 0.15) is 27.0 Å². The Hall–Kier alpha value is -3.16. The monoisotopic (exact) mass is 441 g/mol. The fraction of sp³-hybridized carbons (Fsp3) is 0.0909. The third-order valence-corrected chi connectivity index (χ3v) is 5.93. The quantitative estimate of drug-likeness (QED) is 0.435. The molecule has 0 atom stereocenters. The molecular formula is C22H20ClN3O3S. The highest BCUT2D eigenvalue weighted by molar-refractivity contribution is 7.92. The molecule has 6 nitrogen and oxygen atoms in total. The van der Waals surface area contributed by atoms with Gasteiger partial charge >= 0.3 is 0 Å². The van der Waals surface area contributed by atoms with Crippen LogP contribution in [0.2, 0.25) is 5.02 Å². The number of hydrazone groups is 1. The lowest BCUT2D eigenvalue weighted by molar-refractivity contribution is 0.0955. The highest BCUT2D eigenvalue weighted by Gasteiger charge is 2.16. The molecule has 0 aliphatic heterocycles. The molecule has 0 saturated carbocycles. The maximum Gasteiger partial charge on any atom is 0.271 e. The molecule has 0 heterocycles. The molecule has 0 radical (unpaired) electrons. The number of carbonyl (C=O) groups is 1. The van der Waals surface area contributed by atoms with Crippen LogP contribution in [0.15, 0.2) is 76.7 Å². The highest BCUT2D eigenvalue weighted by Crippen LogP contribution is 2.19. The van der Waals surface area contributed by atoms with Crippen molar-refractivity contribution in [1.82, 2.24) is 5.43 Å². The number of nitrogens with zero attached hydrogens (tertiary/aromatic N) is 1. The average molecular weight is 442 g/mol. The van der Waals surface area contributed by atoms with Gasteiger partial charge in [-0.15, -0.1) is 0 Å². The zero-order chi connectivity index (χ0) is 21.7. The van der Waals surface area contributed by atoms with Gasteiger partial charge in [0.2, 0.25) is 0 Å². The van der Waals surface area contributed by atoms with E-state index in [4.69, 9.17) is 11.6 Å². The first kappa shape index (κ1) is 21.5.